The summed E-state index contributed by atoms with van der Waals surface area (Å²) in [4.78, 5) is 32.1. The molecule has 1 fully saturated rings. The fourth-order valence-corrected chi connectivity index (χ4v) is 4.66. The van der Waals surface area contributed by atoms with Crippen LogP contribution in [-0.4, -0.2) is 72.2 Å². The number of hydrogen-bond donors (Lipinski definition) is 1. The molecule has 0 spiro atoms. The molecule has 0 radical (unpaired) electrons. The van der Waals surface area contributed by atoms with Gasteiger partial charge in [-0.3, -0.25) is 14.7 Å². The number of aromatic nitrogens is 1. The quantitative estimate of drug-likeness (QED) is 0.437. The summed E-state index contributed by atoms with van der Waals surface area (Å²) in [6, 6.07) is 13.4. The van der Waals surface area contributed by atoms with Crippen molar-refractivity contribution in [2.24, 2.45) is 0 Å². The highest BCUT2D eigenvalue weighted by Crippen LogP contribution is 2.21. The summed E-state index contributed by atoms with van der Waals surface area (Å²) >= 11 is 1.62. The summed E-state index contributed by atoms with van der Waals surface area (Å²) < 4.78 is 11.2. The van der Waals surface area contributed by atoms with E-state index in [2.05, 4.69) is 21.3 Å². The maximum Gasteiger partial charge on any atom is 0.328 e. The first-order valence-electron chi connectivity index (χ1n) is 11.8. The number of methoxy groups -OCH3 is 1. The lowest BCUT2D eigenvalue weighted by Gasteiger charge is -2.27. The molecule has 1 aromatic carbocycles. The van der Waals surface area contributed by atoms with Crippen LogP contribution < -0.4 is 5.32 Å². The second-order valence-electron chi connectivity index (χ2n) is 8.51. The van der Waals surface area contributed by atoms with Gasteiger partial charge in [-0.15, -0.1) is 0 Å². The molecule has 3 atom stereocenters. The van der Waals surface area contributed by atoms with Crippen molar-refractivity contribution in [3.63, 3.8) is 0 Å². The largest absolute Gasteiger partial charge is 0.467 e. The van der Waals surface area contributed by atoms with Crippen LogP contribution in [0, 0.1) is 0 Å². The van der Waals surface area contributed by atoms with Crippen molar-refractivity contribution >= 4 is 23.6 Å². The Bertz CT molecular complexity index is 884. The number of benzene rings is 1. The van der Waals surface area contributed by atoms with E-state index in [1.807, 2.05) is 48.9 Å². The molecule has 0 aliphatic carbocycles. The molecule has 8 heteroatoms. The van der Waals surface area contributed by atoms with Crippen LogP contribution in [0.4, 0.5) is 0 Å². The molecule has 2 aromatic rings. The molecule has 2 heterocycles. The van der Waals surface area contributed by atoms with Crippen molar-refractivity contribution in [3.8, 4) is 0 Å². The van der Waals surface area contributed by atoms with Crippen molar-refractivity contribution in [1.29, 1.82) is 0 Å². The molecule has 0 bridgehead atoms. The Hall–Kier alpha value is -2.42. The number of carbonyl (C=O) groups is 2. The zero-order chi connectivity index (χ0) is 24.2. The van der Waals surface area contributed by atoms with Gasteiger partial charge in [0.05, 0.1) is 13.7 Å². The second kappa shape index (κ2) is 14.1. The molecule has 1 aliphatic heterocycles. The lowest BCUT2D eigenvalue weighted by molar-refractivity contribution is -0.147. The van der Waals surface area contributed by atoms with E-state index < -0.39 is 18.1 Å². The summed E-state index contributed by atoms with van der Waals surface area (Å²) in [5.41, 5.74) is 2.18. The van der Waals surface area contributed by atoms with E-state index in [1.54, 1.807) is 18.0 Å². The van der Waals surface area contributed by atoms with Gasteiger partial charge in [0, 0.05) is 31.4 Å². The number of nitrogens with one attached hydrogen (secondary N) is 1. The van der Waals surface area contributed by atoms with Crippen LogP contribution in [0.5, 0.6) is 0 Å². The maximum atomic E-state index is 13.2. The summed E-state index contributed by atoms with van der Waals surface area (Å²) in [6.45, 7) is 2.27. The third kappa shape index (κ3) is 8.11. The Labute approximate surface area is 206 Å². The fraction of sp³-hybridized carbons (Fsp3) is 0.500. The van der Waals surface area contributed by atoms with Gasteiger partial charge in [-0.2, -0.15) is 11.8 Å². The topological polar surface area (TPSA) is 80.8 Å². The van der Waals surface area contributed by atoms with Crippen LogP contribution in [0.1, 0.15) is 30.4 Å². The molecule has 7 nitrogen and oxygen atoms in total. The molecule has 1 aromatic heterocycles. The molecule has 1 unspecified atom stereocenters. The minimum atomic E-state index is -0.690. The third-order valence-corrected chi connectivity index (χ3v) is 6.71. The summed E-state index contributed by atoms with van der Waals surface area (Å²) in [6.07, 6.45) is 8.03. The average molecular weight is 486 g/mol. The number of thioether (sulfide) groups is 1. The second-order valence-corrected chi connectivity index (χ2v) is 9.49. The number of esters is 1. The average Bonchev–Trinajstić information content (AvgIpc) is 3.31. The predicted octanol–water partition coefficient (Wildman–Crippen LogP) is 3.08. The monoisotopic (exact) mass is 485 g/mol. The van der Waals surface area contributed by atoms with E-state index in [4.69, 9.17) is 9.47 Å². The zero-order valence-electron chi connectivity index (χ0n) is 20.0. The van der Waals surface area contributed by atoms with Crippen LogP contribution >= 0.6 is 11.8 Å². The Morgan fingerprint density at radius 2 is 2.00 bits per heavy atom. The maximum absolute atomic E-state index is 13.2. The van der Waals surface area contributed by atoms with Crippen LogP contribution in [0.25, 0.3) is 0 Å². The molecule has 1 N–H and O–H groups in total. The smallest absolute Gasteiger partial charge is 0.328 e. The van der Waals surface area contributed by atoms with Crippen molar-refractivity contribution in [2.45, 2.75) is 50.4 Å². The molecular weight excluding hydrogens is 450 g/mol. The van der Waals surface area contributed by atoms with E-state index in [-0.39, 0.29) is 11.9 Å². The molecule has 184 valence electrons. The highest BCUT2D eigenvalue weighted by atomic mass is 32.2. The highest BCUT2D eigenvalue weighted by Gasteiger charge is 2.30. The van der Waals surface area contributed by atoms with E-state index in [0.29, 0.717) is 19.4 Å². The number of ether oxygens (including phenoxy) is 2. The number of amides is 1. The van der Waals surface area contributed by atoms with Crippen molar-refractivity contribution in [1.82, 2.24) is 15.2 Å². The van der Waals surface area contributed by atoms with Gasteiger partial charge in [-0.05, 0) is 55.0 Å². The minimum Gasteiger partial charge on any atom is -0.467 e. The van der Waals surface area contributed by atoms with Gasteiger partial charge in [-0.25, -0.2) is 4.79 Å². The van der Waals surface area contributed by atoms with Crippen molar-refractivity contribution in [2.75, 3.05) is 32.3 Å². The zero-order valence-corrected chi connectivity index (χ0v) is 20.8. The predicted molar refractivity (Wildman–Crippen MR) is 135 cm³/mol. The Balaban J connectivity index is 1.66. The van der Waals surface area contributed by atoms with Crippen LogP contribution in [0.2, 0.25) is 0 Å². The van der Waals surface area contributed by atoms with Crippen molar-refractivity contribution in [3.05, 3.63) is 66.0 Å². The fourth-order valence-electron chi connectivity index (χ4n) is 4.19. The SMILES string of the molecule is COC(=O)[C@H](CCSC)NC(=O)C(Cc1ccccc1)OC[C@@H]1CCCN1Cc1cccnc1. The van der Waals surface area contributed by atoms with Gasteiger partial charge in [0.2, 0.25) is 5.91 Å². The summed E-state index contributed by atoms with van der Waals surface area (Å²) in [5.74, 6) is 0.0341. The molecule has 1 amide bonds. The highest BCUT2D eigenvalue weighted by molar-refractivity contribution is 7.98. The first kappa shape index (κ1) is 26.2. The normalized spacial score (nSPS) is 17.8. The van der Waals surface area contributed by atoms with Gasteiger partial charge in [0.25, 0.3) is 0 Å². The van der Waals surface area contributed by atoms with E-state index in [9.17, 15) is 9.59 Å². The number of hydrogen-bond acceptors (Lipinski definition) is 7. The van der Waals surface area contributed by atoms with E-state index in [1.165, 1.54) is 12.7 Å². The number of pyridine rings is 1. The number of nitrogens with zero attached hydrogens (tertiary/aromatic N) is 2. The van der Waals surface area contributed by atoms with Gasteiger partial charge >= 0.3 is 5.97 Å². The van der Waals surface area contributed by atoms with E-state index >= 15 is 0 Å². The van der Waals surface area contributed by atoms with E-state index in [0.717, 1.165) is 37.2 Å². The van der Waals surface area contributed by atoms with Crippen LogP contribution in [-0.2, 0) is 32.0 Å². The van der Waals surface area contributed by atoms with Gasteiger partial charge in [0.15, 0.2) is 0 Å². The number of carbonyl (C=O) groups excluding carboxylic acids is 2. The van der Waals surface area contributed by atoms with Gasteiger partial charge < -0.3 is 14.8 Å². The minimum absolute atomic E-state index is 0.235. The lowest BCUT2D eigenvalue weighted by atomic mass is 10.1. The van der Waals surface area contributed by atoms with Crippen molar-refractivity contribution < 1.29 is 19.1 Å². The van der Waals surface area contributed by atoms with Crippen LogP contribution in [0.3, 0.4) is 0 Å². The first-order chi connectivity index (χ1) is 16.6. The van der Waals surface area contributed by atoms with Gasteiger partial charge in [0.1, 0.15) is 12.1 Å². The molecular formula is C26H35N3O4S. The molecule has 0 saturated carbocycles. The third-order valence-electron chi connectivity index (χ3n) is 6.07. The number of likely N-dealkylation sites (tertiary alicyclic amines) is 1. The first-order valence-corrected chi connectivity index (χ1v) is 13.2. The number of rotatable bonds is 13. The summed E-state index contributed by atoms with van der Waals surface area (Å²) in [7, 11) is 1.34. The Morgan fingerprint density at radius 3 is 2.71 bits per heavy atom. The molecule has 34 heavy (non-hydrogen) atoms. The molecule has 1 aliphatic rings. The molecule has 3 rings (SSSR count). The summed E-state index contributed by atoms with van der Waals surface area (Å²) in [5, 5.41) is 2.88. The molecule has 1 saturated heterocycles. The Kier molecular flexibility index (Phi) is 10.9. The lowest BCUT2D eigenvalue weighted by Crippen LogP contribution is -2.48. The Morgan fingerprint density at radius 1 is 1.21 bits per heavy atom. The standard InChI is InChI=1S/C26H35N3O4S/c1-32-26(31)23(12-15-34-2)28-25(30)24(16-20-8-4-3-5-9-20)33-19-22-11-7-14-29(22)18-21-10-6-13-27-17-21/h3-6,8-10,13,17,22-24H,7,11-12,14-16,18-19H2,1-2H3,(H,28,30)/t22-,23-,24?/m0/s1. The van der Waals surface area contributed by atoms with Crippen LogP contribution in [0.15, 0.2) is 54.9 Å². The van der Waals surface area contributed by atoms with Gasteiger partial charge in [-0.1, -0.05) is 36.4 Å².